The van der Waals surface area contributed by atoms with Gasteiger partial charge < -0.3 is 0 Å². The first-order valence-electron chi connectivity index (χ1n) is 25.8. The van der Waals surface area contributed by atoms with E-state index in [-0.39, 0.29) is 0 Å². The number of aromatic nitrogens is 1. The fraction of sp³-hybridized carbons (Fsp3) is 0.906. The van der Waals surface area contributed by atoms with Gasteiger partial charge in [0.25, 0.3) is 0 Å². The summed E-state index contributed by atoms with van der Waals surface area (Å²) in [5, 5.41) is 0. The molecule has 0 saturated heterocycles. The minimum atomic E-state index is 1.21. The van der Waals surface area contributed by atoms with Crippen LogP contribution in [-0.4, -0.2) is 0 Å². The number of nitrogens with zero attached hydrogens (tertiary/aromatic N) is 1. The normalized spacial score (nSPS) is 11.6. The van der Waals surface area contributed by atoms with Gasteiger partial charge in [0.15, 0.2) is 12.4 Å². The Balaban J connectivity index is 2.27. The largest absolute Gasteiger partial charge is 0.205 e. The van der Waals surface area contributed by atoms with E-state index in [1.54, 1.807) is 11.1 Å². The highest BCUT2D eigenvalue weighted by Gasteiger charge is 2.10. The molecule has 0 bridgehead atoms. The second-order valence-corrected chi connectivity index (χ2v) is 18.0. The number of hydrogen-bond acceptors (Lipinski definition) is 0. The zero-order valence-corrected chi connectivity index (χ0v) is 38.0. The summed E-state index contributed by atoms with van der Waals surface area (Å²) in [5.74, 6) is 0. The lowest BCUT2D eigenvalue weighted by Gasteiger charge is -2.10. The molecule has 0 saturated carbocycles. The predicted molar refractivity (Wildman–Crippen MR) is 245 cm³/mol. The van der Waals surface area contributed by atoms with Gasteiger partial charge in [0.2, 0.25) is 0 Å². The summed E-state index contributed by atoms with van der Waals surface area (Å²) in [7, 11) is 0. The molecule has 0 aliphatic rings. The van der Waals surface area contributed by atoms with E-state index < -0.39 is 0 Å². The maximum Gasteiger partial charge on any atom is 0.172 e. The number of aryl methyl sites for hydroxylation is 3. The Bertz CT molecular complexity index is 844. The van der Waals surface area contributed by atoms with E-state index in [0.717, 1.165) is 0 Å². The van der Waals surface area contributed by atoms with Crippen molar-refractivity contribution < 1.29 is 4.57 Å². The Morgan fingerprint density at radius 3 is 0.815 bits per heavy atom. The highest BCUT2D eigenvalue weighted by Crippen LogP contribution is 2.19. The van der Waals surface area contributed by atoms with Crippen molar-refractivity contribution in [1.82, 2.24) is 0 Å². The minimum Gasteiger partial charge on any atom is -0.205 e. The van der Waals surface area contributed by atoms with E-state index in [9.17, 15) is 0 Å². The summed E-state index contributed by atoms with van der Waals surface area (Å²) in [6, 6.07) is 2.52. The van der Waals surface area contributed by atoms with E-state index >= 15 is 0 Å². The van der Waals surface area contributed by atoms with E-state index in [0.29, 0.717) is 0 Å². The maximum atomic E-state index is 2.57. The third kappa shape index (κ3) is 35.6. The molecule has 1 aromatic heterocycles. The second-order valence-electron chi connectivity index (χ2n) is 18.0. The molecule has 0 radical (unpaired) electrons. The van der Waals surface area contributed by atoms with Crippen LogP contribution in [0.1, 0.15) is 302 Å². The van der Waals surface area contributed by atoms with Gasteiger partial charge in [-0.15, -0.1) is 0 Å². The van der Waals surface area contributed by atoms with Crippen LogP contribution >= 0.6 is 0 Å². The minimum absolute atomic E-state index is 1.21. The van der Waals surface area contributed by atoms with Gasteiger partial charge in [0, 0.05) is 18.1 Å². The molecule has 1 nitrogen and oxygen atoms in total. The van der Waals surface area contributed by atoms with Crippen LogP contribution in [0.2, 0.25) is 0 Å². The summed E-state index contributed by atoms with van der Waals surface area (Å²) in [4.78, 5) is 0. The SMILES string of the molecule is CCCCCCCCCCCCCCCCCC[n+]1ccc(CCCCCCCCCCCCCCC)c(CCCCCCCCCCCCCCC)c1. The van der Waals surface area contributed by atoms with Gasteiger partial charge in [-0.25, -0.2) is 4.57 Å². The molecule has 1 heterocycles. The lowest BCUT2D eigenvalue weighted by Crippen LogP contribution is -2.34. The predicted octanol–water partition coefficient (Wildman–Crippen LogP) is 18.5. The van der Waals surface area contributed by atoms with Crippen molar-refractivity contribution in [3.8, 4) is 0 Å². The van der Waals surface area contributed by atoms with Gasteiger partial charge in [-0.3, -0.25) is 0 Å². The Morgan fingerprint density at radius 1 is 0.278 bits per heavy atom. The van der Waals surface area contributed by atoms with Gasteiger partial charge >= 0.3 is 0 Å². The first-order chi connectivity index (χ1) is 26.8. The Hall–Kier alpha value is -0.850. The van der Waals surface area contributed by atoms with Crippen LogP contribution in [0, 0.1) is 0 Å². The molecule has 318 valence electrons. The third-order valence-electron chi connectivity index (χ3n) is 12.6. The zero-order chi connectivity index (χ0) is 38.7. The van der Waals surface area contributed by atoms with Crippen LogP contribution in [0.15, 0.2) is 18.5 Å². The fourth-order valence-corrected chi connectivity index (χ4v) is 8.74. The summed E-state index contributed by atoms with van der Waals surface area (Å²) >= 11 is 0. The standard InChI is InChI=1S/C53H102N/c1-4-7-10-13-16-19-22-25-26-27-30-33-36-39-42-45-49-54-50-48-52(46-43-40-37-34-31-28-23-20-17-14-11-8-5-2)53(51-54)47-44-41-38-35-32-29-24-21-18-15-12-9-6-3/h48,50-51H,4-47,49H2,1-3H3/q+1. The number of rotatable bonds is 45. The highest BCUT2D eigenvalue weighted by atomic mass is 14.9. The third-order valence-corrected chi connectivity index (χ3v) is 12.6. The molecule has 1 aromatic rings. The van der Waals surface area contributed by atoms with Crippen molar-refractivity contribution in [3.63, 3.8) is 0 Å². The van der Waals surface area contributed by atoms with Crippen molar-refractivity contribution >= 4 is 0 Å². The van der Waals surface area contributed by atoms with Gasteiger partial charge in [0.05, 0.1) is 0 Å². The quantitative estimate of drug-likeness (QED) is 0.0461. The maximum absolute atomic E-state index is 2.57. The summed E-state index contributed by atoms with van der Waals surface area (Å²) < 4.78 is 2.55. The van der Waals surface area contributed by atoms with E-state index in [1.807, 2.05) is 0 Å². The van der Waals surface area contributed by atoms with E-state index in [4.69, 9.17) is 0 Å². The molecule has 0 aliphatic heterocycles. The van der Waals surface area contributed by atoms with Gasteiger partial charge in [-0.1, -0.05) is 265 Å². The number of pyridine rings is 1. The molecular formula is C53H102N+. The first-order valence-corrected chi connectivity index (χ1v) is 25.8. The van der Waals surface area contributed by atoms with Crippen LogP contribution in [0.25, 0.3) is 0 Å². The molecule has 1 heteroatoms. The van der Waals surface area contributed by atoms with Crippen molar-refractivity contribution in [2.24, 2.45) is 0 Å². The van der Waals surface area contributed by atoms with Crippen LogP contribution in [0.5, 0.6) is 0 Å². The lowest BCUT2D eigenvalue weighted by atomic mass is 9.97. The van der Waals surface area contributed by atoms with Crippen LogP contribution < -0.4 is 4.57 Å². The summed E-state index contributed by atoms with van der Waals surface area (Å²) in [6.45, 7) is 8.16. The van der Waals surface area contributed by atoms with Gasteiger partial charge in [-0.05, 0) is 37.7 Å². The van der Waals surface area contributed by atoms with Crippen LogP contribution in [0.3, 0.4) is 0 Å². The van der Waals surface area contributed by atoms with Gasteiger partial charge in [0.1, 0.15) is 6.54 Å². The fourth-order valence-electron chi connectivity index (χ4n) is 8.74. The first kappa shape index (κ1) is 51.2. The Morgan fingerprint density at radius 2 is 0.519 bits per heavy atom. The van der Waals surface area contributed by atoms with Crippen LogP contribution in [-0.2, 0) is 19.4 Å². The van der Waals surface area contributed by atoms with Crippen molar-refractivity contribution in [2.45, 2.75) is 310 Å². The molecule has 0 aliphatic carbocycles. The topological polar surface area (TPSA) is 3.88 Å². The average molecular weight is 753 g/mol. The Labute approximate surface area is 342 Å². The molecule has 0 amide bonds. The molecule has 0 N–H and O–H groups in total. The molecule has 54 heavy (non-hydrogen) atoms. The van der Waals surface area contributed by atoms with Crippen molar-refractivity contribution in [3.05, 3.63) is 29.6 Å². The lowest BCUT2D eigenvalue weighted by molar-refractivity contribution is -0.697. The molecule has 0 atom stereocenters. The second kappa shape index (κ2) is 43.3. The molecule has 0 aromatic carbocycles. The molecule has 1 rings (SSSR count). The van der Waals surface area contributed by atoms with E-state index in [1.165, 1.54) is 289 Å². The van der Waals surface area contributed by atoms with E-state index in [2.05, 4.69) is 43.8 Å². The molecular weight excluding hydrogens is 651 g/mol. The smallest absolute Gasteiger partial charge is 0.172 e. The Kier molecular flexibility index (Phi) is 41.0. The number of unbranched alkanes of at least 4 members (excludes halogenated alkanes) is 39. The van der Waals surface area contributed by atoms with Crippen LogP contribution in [0.4, 0.5) is 0 Å². The van der Waals surface area contributed by atoms with Crippen molar-refractivity contribution in [1.29, 1.82) is 0 Å². The van der Waals surface area contributed by atoms with Crippen molar-refractivity contribution in [2.75, 3.05) is 0 Å². The summed E-state index contributed by atoms with van der Waals surface area (Å²) in [5.41, 5.74) is 3.34. The summed E-state index contributed by atoms with van der Waals surface area (Å²) in [6.07, 6.45) is 68.3. The molecule has 0 fully saturated rings. The molecule has 0 unspecified atom stereocenters. The monoisotopic (exact) mass is 753 g/mol. The number of hydrogen-bond donors (Lipinski definition) is 0. The highest BCUT2D eigenvalue weighted by molar-refractivity contribution is 5.21. The molecule has 0 spiro atoms. The zero-order valence-electron chi connectivity index (χ0n) is 38.0. The average Bonchev–Trinajstić information content (AvgIpc) is 3.18. The van der Waals surface area contributed by atoms with Gasteiger partial charge in [-0.2, -0.15) is 0 Å².